The molecule has 0 aliphatic heterocycles. The van der Waals surface area contributed by atoms with Gasteiger partial charge in [-0.3, -0.25) is 14.6 Å². The molecule has 0 unspecified atom stereocenters. The highest BCUT2D eigenvalue weighted by Crippen LogP contribution is 2.21. The Morgan fingerprint density at radius 1 is 1.00 bits per heavy atom. The molecule has 3 rings (SSSR count). The van der Waals surface area contributed by atoms with E-state index in [1.54, 1.807) is 48.5 Å². The summed E-state index contributed by atoms with van der Waals surface area (Å²) < 4.78 is 5.37. The molecule has 0 spiro atoms. The minimum atomic E-state index is -0.420. The fourth-order valence-corrected chi connectivity index (χ4v) is 2.63. The Labute approximate surface area is 167 Å². The highest BCUT2D eigenvalue weighted by atomic mass is 35.5. The number of pyridine rings is 1. The molecule has 2 aromatic carbocycles. The molecule has 7 heteroatoms. The van der Waals surface area contributed by atoms with Crippen molar-refractivity contribution in [3.05, 3.63) is 83.1 Å². The third kappa shape index (κ3) is 4.86. The van der Waals surface area contributed by atoms with Gasteiger partial charge in [0.05, 0.1) is 17.3 Å². The van der Waals surface area contributed by atoms with E-state index >= 15 is 0 Å². The molecular formula is C21H18ClN3O3. The fourth-order valence-electron chi connectivity index (χ4n) is 2.45. The van der Waals surface area contributed by atoms with E-state index in [0.29, 0.717) is 28.6 Å². The van der Waals surface area contributed by atoms with Gasteiger partial charge in [-0.15, -0.1) is 0 Å². The number of aromatic nitrogens is 1. The van der Waals surface area contributed by atoms with Crippen LogP contribution < -0.4 is 15.4 Å². The van der Waals surface area contributed by atoms with Crippen LogP contribution in [0.3, 0.4) is 0 Å². The number of ether oxygens (including phenoxy) is 1. The molecule has 0 fully saturated rings. The number of amides is 2. The van der Waals surface area contributed by atoms with Gasteiger partial charge in [-0.1, -0.05) is 23.7 Å². The number of carbonyl (C=O) groups is 2. The first-order chi connectivity index (χ1) is 13.6. The molecule has 1 heterocycles. The zero-order chi connectivity index (χ0) is 19.9. The van der Waals surface area contributed by atoms with Crippen LogP contribution in [0.25, 0.3) is 0 Å². The molecule has 142 valence electrons. The van der Waals surface area contributed by atoms with Crippen molar-refractivity contribution in [2.24, 2.45) is 0 Å². The van der Waals surface area contributed by atoms with Crippen molar-refractivity contribution in [3.8, 4) is 5.75 Å². The topological polar surface area (TPSA) is 80.3 Å². The van der Waals surface area contributed by atoms with E-state index in [2.05, 4.69) is 15.6 Å². The van der Waals surface area contributed by atoms with Crippen molar-refractivity contribution in [2.75, 3.05) is 17.2 Å². The maximum absolute atomic E-state index is 12.5. The molecule has 1 aromatic heterocycles. The molecule has 0 aliphatic carbocycles. The third-order valence-electron chi connectivity index (χ3n) is 3.80. The third-order valence-corrected chi connectivity index (χ3v) is 4.13. The monoisotopic (exact) mass is 395 g/mol. The van der Waals surface area contributed by atoms with Gasteiger partial charge in [-0.2, -0.15) is 0 Å². The zero-order valence-electron chi connectivity index (χ0n) is 15.1. The number of carbonyl (C=O) groups excluding carboxylic acids is 2. The van der Waals surface area contributed by atoms with Crippen molar-refractivity contribution >= 4 is 34.8 Å². The van der Waals surface area contributed by atoms with Crippen LogP contribution in [0.2, 0.25) is 5.02 Å². The second kappa shape index (κ2) is 9.01. The Morgan fingerprint density at radius 3 is 2.46 bits per heavy atom. The number of nitrogens with one attached hydrogen (secondary N) is 2. The summed E-state index contributed by atoms with van der Waals surface area (Å²) in [7, 11) is 0. The molecule has 2 amide bonds. The second-order valence-corrected chi connectivity index (χ2v) is 6.18. The SMILES string of the molecule is CCOc1ccc(NC(=O)c2cc(C(=O)Nc3ccccc3Cl)ccn2)cc1. The first-order valence-electron chi connectivity index (χ1n) is 8.63. The normalized spacial score (nSPS) is 10.2. The maximum Gasteiger partial charge on any atom is 0.274 e. The lowest BCUT2D eigenvalue weighted by atomic mass is 10.2. The summed E-state index contributed by atoms with van der Waals surface area (Å²) in [6.07, 6.45) is 1.41. The molecule has 0 aliphatic rings. The Bertz CT molecular complexity index is 990. The Balaban J connectivity index is 1.70. The van der Waals surface area contributed by atoms with Crippen molar-refractivity contribution < 1.29 is 14.3 Å². The first-order valence-corrected chi connectivity index (χ1v) is 9.00. The summed E-state index contributed by atoms with van der Waals surface area (Å²) in [5.74, 6) is -0.0842. The molecule has 2 N–H and O–H groups in total. The minimum Gasteiger partial charge on any atom is -0.494 e. The van der Waals surface area contributed by atoms with Crippen LogP contribution in [0.4, 0.5) is 11.4 Å². The summed E-state index contributed by atoms with van der Waals surface area (Å²) in [5.41, 5.74) is 1.51. The van der Waals surface area contributed by atoms with Gasteiger partial charge in [-0.05, 0) is 55.5 Å². The zero-order valence-corrected chi connectivity index (χ0v) is 15.9. The van der Waals surface area contributed by atoms with Crippen LogP contribution in [-0.2, 0) is 0 Å². The second-order valence-electron chi connectivity index (χ2n) is 5.78. The van der Waals surface area contributed by atoms with Crippen LogP contribution in [-0.4, -0.2) is 23.4 Å². The Hall–Kier alpha value is -3.38. The predicted molar refractivity (Wildman–Crippen MR) is 109 cm³/mol. The molecule has 0 radical (unpaired) electrons. The van der Waals surface area contributed by atoms with Gasteiger partial charge in [0.1, 0.15) is 11.4 Å². The Kier molecular flexibility index (Phi) is 6.24. The quantitative estimate of drug-likeness (QED) is 0.637. The van der Waals surface area contributed by atoms with Gasteiger partial charge in [0.25, 0.3) is 11.8 Å². The number of hydrogen-bond acceptors (Lipinski definition) is 4. The number of halogens is 1. The number of benzene rings is 2. The standard InChI is InChI=1S/C21H18ClN3O3/c1-2-28-16-9-7-15(8-10-16)24-21(27)19-13-14(11-12-23-19)20(26)25-18-6-4-3-5-17(18)22/h3-13H,2H2,1H3,(H,24,27)(H,25,26). The van der Waals surface area contributed by atoms with Gasteiger partial charge in [0.15, 0.2) is 0 Å². The van der Waals surface area contributed by atoms with Crippen molar-refractivity contribution in [1.82, 2.24) is 4.98 Å². The molecular weight excluding hydrogens is 378 g/mol. The molecule has 28 heavy (non-hydrogen) atoms. The highest BCUT2D eigenvalue weighted by Gasteiger charge is 2.13. The lowest BCUT2D eigenvalue weighted by Crippen LogP contribution is -2.17. The van der Waals surface area contributed by atoms with Crippen molar-refractivity contribution in [3.63, 3.8) is 0 Å². The summed E-state index contributed by atoms with van der Waals surface area (Å²) in [6, 6.07) is 16.9. The van der Waals surface area contributed by atoms with Gasteiger partial charge in [-0.25, -0.2) is 0 Å². The number of para-hydroxylation sites is 1. The van der Waals surface area contributed by atoms with Crippen LogP contribution in [0.5, 0.6) is 5.75 Å². The van der Waals surface area contributed by atoms with E-state index < -0.39 is 5.91 Å². The number of rotatable bonds is 6. The van der Waals surface area contributed by atoms with E-state index in [4.69, 9.17) is 16.3 Å². The van der Waals surface area contributed by atoms with Gasteiger partial charge < -0.3 is 15.4 Å². The first kappa shape index (κ1) is 19.4. The van der Waals surface area contributed by atoms with Gasteiger partial charge in [0.2, 0.25) is 0 Å². The van der Waals surface area contributed by atoms with E-state index in [1.807, 2.05) is 6.92 Å². The largest absolute Gasteiger partial charge is 0.494 e. The average Bonchev–Trinajstić information content (AvgIpc) is 2.71. The molecule has 0 atom stereocenters. The van der Waals surface area contributed by atoms with E-state index in [9.17, 15) is 9.59 Å². The summed E-state index contributed by atoms with van der Waals surface area (Å²) >= 11 is 6.06. The number of anilines is 2. The summed E-state index contributed by atoms with van der Waals surface area (Å²) in [4.78, 5) is 29.0. The molecule has 6 nitrogen and oxygen atoms in total. The number of nitrogens with zero attached hydrogens (tertiary/aromatic N) is 1. The number of hydrogen-bond donors (Lipinski definition) is 2. The van der Waals surface area contributed by atoms with E-state index in [1.165, 1.54) is 18.3 Å². The van der Waals surface area contributed by atoms with Crippen LogP contribution >= 0.6 is 11.6 Å². The van der Waals surface area contributed by atoms with Crippen molar-refractivity contribution in [1.29, 1.82) is 0 Å². The highest BCUT2D eigenvalue weighted by molar-refractivity contribution is 6.33. The maximum atomic E-state index is 12.5. The lowest BCUT2D eigenvalue weighted by Gasteiger charge is -2.09. The lowest BCUT2D eigenvalue weighted by molar-refractivity contribution is 0.102. The van der Waals surface area contributed by atoms with Gasteiger partial charge in [0, 0.05) is 17.4 Å². The predicted octanol–water partition coefficient (Wildman–Crippen LogP) is 4.64. The summed E-state index contributed by atoms with van der Waals surface area (Å²) in [6.45, 7) is 2.47. The minimum absolute atomic E-state index is 0.126. The molecule has 0 saturated carbocycles. The summed E-state index contributed by atoms with van der Waals surface area (Å²) in [5, 5.41) is 5.89. The van der Waals surface area contributed by atoms with Crippen LogP contribution in [0, 0.1) is 0 Å². The van der Waals surface area contributed by atoms with Crippen LogP contribution in [0.15, 0.2) is 66.9 Å². The van der Waals surface area contributed by atoms with E-state index in [-0.39, 0.29) is 11.6 Å². The van der Waals surface area contributed by atoms with Crippen LogP contribution in [0.1, 0.15) is 27.8 Å². The van der Waals surface area contributed by atoms with E-state index in [0.717, 1.165) is 5.75 Å². The molecule has 3 aromatic rings. The smallest absolute Gasteiger partial charge is 0.274 e. The molecule has 0 bridgehead atoms. The van der Waals surface area contributed by atoms with Gasteiger partial charge >= 0.3 is 0 Å². The fraction of sp³-hybridized carbons (Fsp3) is 0.0952. The average molecular weight is 396 g/mol. The van der Waals surface area contributed by atoms with Crippen molar-refractivity contribution in [2.45, 2.75) is 6.92 Å². The molecule has 0 saturated heterocycles. The Morgan fingerprint density at radius 2 is 1.75 bits per heavy atom.